The van der Waals surface area contributed by atoms with Crippen molar-refractivity contribution < 1.29 is 14.4 Å². The van der Waals surface area contributed by atoms with E-state index in [1.165, 1.54) is 0 Å². The monoisotopic (exact) mass is 355 g/mol. The van der Waals surface area contributed by atoms with Gasteiger partial charge in [0.1, 0.15) is 17.9 Å². The maximum Gasteiger partial charge on any atom is 0.325 e. The molecule has 2 aromatic rings. The number of benzene rings is 1. The number of nitrogens with zero attached hydrogens (tertiary/aromatic N) is 2. The lowest BCUT2D eigenvalue weighted by molar-refractivity contribution is -0.135. The number of hydrogen-bond acceptors (Lipinski definition) is 4. The molecule has 2 aliphatic rings. The predicted octanol–water partition coefficient (Wildman–Crippen LogP) is 1.46. The van der Waals surface area contributed by atoms with Crippen molar-refractivity contribution >= 4 is 28.9 Å². The molecule has 136 valence electrons. The first kappa shape index (κ1) is 16.6. The first-order valence-electron chi connectivity index (χ1n) is 8.76. The first-order valence-corrected chi connectivity index (χ1v) is 8.76. The van der Waals surface area contributed by atoms with Crippen LogP contribution in [0.25, 0.3) is 11.0 Å². The van der Waals surface area contributed by atoms with Crippen LogP contribution in [0.15, 0.2) is 24.3 Å². The normalized spacial score (nSPS) is 24.0. The quantitative estimate of drug-likeness (QED) is 0.706. The Morgan fingerprint density at radius 1 is 1.38 bits per heavy atom. The highest BCUT2D eigenvalue weighted by Gasteiger charge is 2.56. The number of para-hydroxylation sites is 2. The summed E-state index contributed by atoms with van der Waals surface area (Å²) in [7, 11) is 0. The smallest absolute Gasteiger partial charge is 0.325 e. The molecule has 2 unspecified atom stereocenters. The van der Waals surface area contributed by atoms with Crippen LogP contribution in [0.3, 0.4) is 0 Å². The molecule has 1 aliphatic carbocycles. The van der Waals surface area contributed by atoms with Crippen molar-refractivity contribution in [2.75, 3.05) is 6.54 Å². The molecule has 4 rings (SSSR count). The Bertz CT molecular complexity index is 870. The van der Waals surface area contributed by atoms with Crippen molar-refractivity contribution in [2.24, 2.45) is 5.92 Å². The largest absolute Gasteiger partial charge is 0.345 e. The second-order valence-corrected chi connectivity index (χ2v) is 7.23. The second kappa shape index (κ2) is 5.82. The Labute approximate surface area is 150 Å². The molecule has 1 aromatic carbocycles. The summed E-state index contributed by atoms with van der Waals surface area (Å²) in [6.07, 6.45) is 1.84. The van der Waals surface area contributed by atoms with Gasteiger partial charge in [0.15, 0.2) is 0 Å². The zero-order valence-corrected chi connectivity index (χ0v) is 14.7. The topological polar surface area (TPSA) is 107 Å². The van der Waals surface area contributed by atoms with Gasteiger partial charge in [-0.3, -0.25) is 14.5 Å². The van der Waals surface area contributed by atoms with Gasteiger partial charge in [-0.05, 0) is 44.7 Å². The number of rotatable bonds is 5. The number of aromatic nitrogens is 2. The summed E-state index contributed by atoms with van der Waals surface area (Å²) in [5.74, 6) is 0.0686. The highest BCUT2D eigenvalue weighted by molar-refractivity contribution is 6.09. The molecule has 8 nitrogen and oxygen atoms in total. The maximum absolute atomic E-state index is 12.6. The number of imide groups is 1. The molecule has 0 radical (unpaired) electrons. The molecule has 1 aromatic heterocycles. The van der Waals surface area contributed by atoms with E-state index in [0.717, 1.165) is 28.8 Å². The minimum absolute atomic E-state index is 0.168. The van der Waals surface area contributed by atoms with Gasteiger partial charge < -0.3 is 15.6 Å². The van der Waals surface area contributed by atoms with Crippen LogP contribution in [0.5, 0.6) is 0 Å². The maximum atomic E-state index is 12.6. The van der Waals surface area contributed by atoms with Crippen LogP contribution in [0.2, 0.25) is 0 Å². The zero-order chi connectivity index (χ0) is 18.5. The Morgan fingerprint density at radius 3 is 2.81 bits per heavy atom. The van der Waals surface area contributed by atoms with Gasteiger partial charge in [-0.25, -0.2) is 9.78 Å². The number of hydrogen-bond donors (Lipinski definition) is 3. The molecule has 1 saturated carbocycles. The van der Waals surface area contributed by atoms with Gasteiger partial charge in [-0.15, -0.1) is 0 Å². The average Bonchev–Trinajstić information content (AvgIpc) is 3.33. The van der Waals surface area contributed by atoms with E-state index in [0.29, 0.717) is 5.82 Å². The minimum atomic E-state index is -0.873. The summed E-state index contributed by atoms with van der Waals surface area (Å²) in [6, 6.07) is 6.72. The molecule has 2 heterocycles. The molecule has 0 bridgehead atoms. The van der Waals surface area contributed by atoms with E-state index < -0.39 is 17.5 Å². The van der Waals surface area contributed by atoms with Gasteiger partial charge in [-0.2, -0.15) is 0 Å². The molecule has 2 fully saturated rings. The highest BCUT2D eigenvalue weighted by Crippen LogP contribution is 2.42. The van der Waals surface area contributed by atoms with Crippen molar-refractivity contribution in [3.63, 3.8) is 0 Å². The fraction of sp³-hybridized carbons (Fsp3) is 0.444. The van der Waals surface area contributed by atoms with E-state index in [4.69, 9.17) is 0 Å². The lowest BCUT2D eigenvalue weighted by Gasteiger charge is -2.21. The van der Waals surface area contributed by atoms with Crippen molar-refractivity contribution in [3.8, 4) is 0 Å². The summed E-state index contributed by atoms with van der Waals surface area (Å²) >= 11 is 0. The Morgan fingerprint density at radius 2 is 2.12 bits per heavy atom. The third kappa shape index (κ3) is 2.71. The van der Waals surface area contributed by atoms with E-state index in [-0.39, 0.29) is 24.4 Å². The molecule has 1 aliphatic heterocycles. The zero-order valence-electron chi connectivity index (χ0n) is 14.7. The van der Waals surface area contributed by atoms with E-state index >= 15 is 0 Å². The number of imidazole rings is 1. The molecular weight excluding hydrogens is 334 g/mol. The molecule has 4 amide bonds. The summed E-state index contributed by atoms with van der Waals surface area (Å²) in [6.45, 7) is 3.24. The van der Waals surface area contributed by atoms with Crippen molar-refractivity contribution in [1.29, 1.82) is 0 Å². The Balaban J connectivity index is 1.42. The number of nitrogens with one attached hydrogen (secondary N) is 3. The van der Waals surface area contributed by atoms with Crippen LogP contribution < -0.4 is 10.6 Å². The van der Waals surface area contributed by atoms with E-state index in [9.17, 15) is 14.4 Å². The SMILES string of the molecule is CC(NC(=O)CN1C(=O)NC(C)(C2CC2)C1=O)c1nc2ccccc2[nH]1. The van der Waals surface area contributed by atoms with Crippen LogP contribution in [0, 0.1) is 5.92 Å². The number of H-pyrrole nitrogens is 1. The standard InChI is InChI=1S/C18H21N5O3/c1-10(15-20-12-5-3-4-6-13(12)21-15)19-14(24)9-23-16(25)18(2,11-7-8-11)22-17(23)26/h3-6,10-11H,7-9H2,1-2H3,(H,19,24)(H,20,21)(H,22,26). The molecule has 2 atom stereocenters. The van der Waals surface area contributed by atoms with Crippen LogP contribution in [-0.4, -0.2) is 44.8 Å². The van der Waals surface area contributed by atoms with Gasteiger partial charge in [0.05, 0.1) is 17.1 Å². The average molecular weight is 355 g/mol. The van der Waals surface area contributed by atoms with E-state index in [1.807, 2.05) is 24.3 Å². The van der Waals surface area contributed by atoms with Gasteiger partial charge in [0.25, 0.3) is 5.91 Å². The number of carbonyl (C=O) groups is 3. The molecule has 1 saturated heterocycles. The second-order valence-electron chi connectivity index (χ2n) is 7.23. The molecule has 3 N–H and O–H groups in total. The lowest BCUT2D eigenvalue weighted by atomic mass is 9.96. The summed E-state index contributed by atoms with van der Waals surface area (Å²) in [5.41, 5.74) is 0.831. The fourth-order valence-corrected chi connectivity index (χ4v) is 3.47. The van der Waals surface area contributed by atoms with Gasteiger partial charge in [0, 0.05) is 0 Å². The van der Waals surface area contributed by atoms with Crippen LogP contribution >= 0.6 is 0 Å². The third-order valence-corrected chi connectivity index (χ3v) is 5.19. The van der Waals surface area contributed by atoms with Gasteiger partial charge in [-0.1, -0.05) is 12.1 Å². The lowest BCUT2D eigenvalue weighted by Crippen LogP contribution is -2.47. The molecule has 8 heteroatoms. The molecule has 0 spiro atoms. The predicted molar refractivity (Wildman–Crippen MR) is 94.0 cm³/mol. The van der Waals surface area contributed by atoms with Crippen LogP contribution in [0.4, 0.5) is 4.79 Å². The first-order chi connectivity index (χ1) is 12.4. The molecule has 26 heavy (non-hydrogen) atoms. The van der Waals surface area contributed by atoms with E-state index in [1.54, 1.807) is 13.8 Å². The fourth-order valence-electron chi connectivity index (χ4n) is 3.47. The van der Waals surface area contributed by atoms with Crippen molar-refractivity contribution in [1.82, 2.24) is 25.5 Å². The van der Waals surface area contributed by atoms with Crippen molar-refractivity contribution in [3.05, 3.63) is 30.1 Å². The minimum Gasteiger partial charge on any atom is -0.345 e. The van der Waals surface area contributed by atoms with Crippen LogP contribution in [-0.2, 0) is 9.59 Å². The Kier molecular flexibility index (Phi) is 3.71. The summed E-state index contributed by atoms with van der Waals surface area (Å²) < 4.78 is 0. The number of amides is 4. The third-order valence-electron chi connectivity index (χ3n) is 5.19. The number of aromatic amines is 1. The summed E-state index contributed by atoms with van der Waals surface area (Å²) in [5, 5.41) is 5.53. The van der Waals surface area contributed by atoms with Crippen LogP contribution in [0.1, 0.15) is 38.6 Å². The molecular formula is C18H21N5O3. The highest BCUT2D eigenvalue weighted by atomic mass is 16.2. The number of carbonyl (C=O) groups excluding carboxylic acids is 3. The van der Waals surface area contributed by atoms with Crippen molar-refractivity contribution in [2.45, 2.75) is 38.3 Å². The number of urea groups is 1. The Hall–Kier alpha value is -2.90. The van der Waals surface area contributed by atoms with Gasteiger partial charge in [0.2, 0.25) is 5.91 Å². The van der Waals surface area contributed by atoms with Gasteiger partial charge >= 0.3 is 6.03 Å². The summed E-state index contributed by atoms with van der Waals surface area (Å²) in [4.78, 5) is 45.7. The number of fused-ring (bicyclic) bond motifs is 1. The van der Waals surface area contributed by atoms with E-state index in [2.05, 4.69) is 20.6 Å².